The Hall–Kier alpha value is -1.59. The Morgan fingerprint density at radius 1 is 1.28 bits per heavy atom. The maximum Gasteiger partial charge on any atom is 0.410 e. The number of hydrogen-bond acceptors (Lipinski definition) is 4. The van der Waals surface area contributed by atoms with E-state index in [9.17, 15) is 4.79 Å². The van der Waals surface area contributed by atoms with Crippen molar-refractivity contribution in [3.05, 3.63) is 35.9 Å². The van der Waals surface area contributed by atoms with Crippen LogP contribution in [-0.4, -0.2) is 47.9 Å². The lowest BCUT2D eigenvalue weighted by Crippen LogP contribution is -2.62. The molecule has 25 heavy (non-hydrogen) atoms. The summed E-state index contributed by atoms with van der Waals surface area (Å²) in [5, 5.41) is 3.74. The van der Waals surface area contributed by atoms with E-state index in [1.807, 2.05) is 43.9 Å². The largest absolute Gasteiger partial charge is 0.444 e. The van der Waals surface area contributed by atoms with E-state index in [2.05, 4.69) is 24.4 Å². The number of nitrogens with zero attached hydrogens (tertiary/aromatic N) is 1. The van der Waals surface area contributed by atoms with Crippen molar-refractivity contribution in [1.29, 1.82) is 0 Å². The van der Waals surface area contributed by atoms with Gasteiger partial charge < -0.3 is 19.7 Å². The summed E-state index contributed by atoms with van der Waals surface area (Å²) in [6.07, 6.45) is 1.59. The molecule has 1 aromatic rings. The van der Waals surface area contributed by atoms with Crippen LogP contribution in [0, 0.1) is 0 Å². The maximum absolute atomic E-state index is 12.7. The van der Waals surface area contributed by atoms with E-state index in [1.54, 1.807) is 0 Å². The molecule has 0 radical (unpaired) electrons. The third kappa shape index (κ3) is 4.53. The summed E-state index contributed by atoms with van der Waals surface area (Å²) in [6, 6.07) is 10.7. The van der Waals surface area contributed by atoms with Gasteiger partial charge in [-0.1, -0.05) is 30.3 Å². The summed E-state index contributed by atoms with van der Waals surface area (Å²) in [4.78, 5) is 14.6. The zero-order valence-corrected chi connectivity index (χ0v) is 15.7. The van der Waals surface area contributed by atoms with Gasteiger partial charge in [-0.3, -0.25) is 0 Å². The molecule has 3 rings (SSSR count). The van der Waals surface area contributed by atoms with Crippen LogP contribution in [0.4, 0.5) is 4.79 Å². The maximum atomic E-state index is 12.7. The van der Waals surface area contributed by atoms with Gasteiger partial charge in [0.25, 0.3) is 0 Å². The van der Waals surface area contributed by atoms with Crippen LogP contribution in [0.15, 0.2) is 30.3 Å². The van der Waals surface area contributed by atoms with Crippen LogP contribution in [0.25, 0.3) is 0 Å². The fourth-order valence-electron chi connectivity index (χ4n) is 3.61. The first-order valence-electron chi connectivity index (χ1n) is 9.16. The second-order valence-corrected chi connectivity index (χ2v) is 8.52. The van der Waals surface area contributed by atoms with Gasteiger partial charge in [0.2, 0.25) is 0 Å². The molecule has 0 aliphatic carbocycles. The lowest BCUT2D eigenvalue weighted by molar-refractivity contribution is -0.0743. The molecule has 2 aliphatic rings. The molecule has 2 saturated heterocycles. The summed E-state index contributed by atoms with van der Waals surface area (Å²) in [7, 11) is 0. The molecule has 5 heteroatoms. The van der Waals surface area contributed by atoms with Crippen molar-refractivity contribution >= 4 is 6.09 Å². The third-order valence-electron chi connectivity index (χ3n) is 4.81. The third-order valence-corrected chi connectivity index (χ3v) is 4.81. The average Bonchev–Trinajstić information content (AvgIpc) is 2.52. The number of likely N-dealkylation sites (tertiary alicyclic amines) is 1. The standard InChI is InChI=1S/C20H30N2O3/c1-19(2,3)25-18(23)22-11-10-16(21-20(4)13-24-14-20)12-17(22)15-8-6-5-7-9-15/h5-9,16-17,21H,10-14H2,1-4H3/t16-,17+/m1/s1. The van der Waals surface area contributed by atoms with Gasteiger partial charge in [0, 0.05) is 12.6 Å². The number of nitrogens with one attached hydrogen (secondary N) is 1. The van der Waals surface area contributed by atoms with Gasteiger partial charge in [-0.2, -0.15) is 0 Å². The predicted molar refractivity (Wildman–Crippen MR) is 97.5 cm³/mol. The second-order valence-electron chi connectivity index (χ2n) is 8.52. The minimum absolute atomic E-state index is 0.0342. The molecule has 0 saturated carbocycles. The van der Waals surface area contributed by atoms with Crippen molar-refractivity contribution in [3.63, 3.8) is 0 Å². The number of piperidine rings is 1. The minimum Gasteiger partial charge on any atom is -0.444 e. The Balaban J connectivity index is 1.75. The minimum atomic E-state index is -0.482. The average molecular weight is 346 g/mol. The zero-order chi connectivity index (χ0) is 18.1. The fraction of sp³-hybridized carbons (Fsp3) is 0.650. The molecule has 1 amide bonds. The highest BCUT2D eigenvalue weighted by molar-refractivity contribution is 5.69. The van der Waals surface area contributed by atoms with Crippen LogP contribution in [0.3, 0.4) is 0 Å². The van der Waals surface area contributed by atoms with Gasteiger partial charge in [0.05, 0.1) is 24.8 Å². The molecule has 0 bridgehead atoms. The lowest BCUT2D eigenvalue weighted by Gasteiger charge is -2.46. The van der Waals surface area contributed by atoms with Crippen LogP contribution in [0.5, 0.6) is 0 Å². The number of carbonyl (C=O) groups is 1. The molecule has 5 nitrogen and oxygen atoms in total. The monoisotopic (exact) mass is 346 g/mol. The summed E-state index contributed by atoms with van der Waals surface area (Å²) < 4.78 is 11.0. The molecule has 0 spiro atoms. The van der Waals surface area contributed by atoms with E-state index in [0.29, 0.717) is 12.6 Å². The van der Waals surface area contributed by atoms with Crippen molar-refractivity contribution in [1.82, 2.24) is 10.2 Å². The van der Waals surface area contributed by atoms with Gasteiger partial charge in [0.1, 0.15) is 5.60 Å². The number of ether oxygens (including phenoxy) is 2. The summed E-state index contributed by atoms with van der Waals surface area (Å²) >= 11 is 0. The van der Waals surface area contributed by atoms with Crippen LogP contribution < -0.4 is 5.32 Å². The normalized spacial score (nSPS) is 26.0. The number of benzene rings is 1. The van der Waals surface area contributed by atoms with E-state index in [0.717, 1.165) is 31.6 Å². The van der Waals surface area contributed by atoms with Gasteiger partial charge >= 0.3 is 6.09 Å². The van der Waals surface area contributed by atoms with Crippen LogP contribution in [0.2, 0.25) is 0 Å². The number of rotatable bonds is 3. The number of hydrogen-bond donors (Lipinski definition) is 1. The highest BCUT2D eigenvalue weighted by atomic mass is 16.6. The quantitative estimate of drug-likeness (QED) is 0.910. The molecule has 1 aromatic carbocycles. The predicted octanol–water partition coefficient (Wildman–Crippen LogP) is 3.51. The Labute approximate surface area is 150 Å². The molecular formula is C20H30N2O3. The van der Waals surface area contributed by atoms with Gasteiger partial charge in [-0.05, 0) is 46.1 Å². The van der Waals surface area contributed by atoms with Crippen molar-refractivity contribution < 1.29 is 14.3 Å². The first-order chi connectivity index (χ1) is 11.8. The SMILES string of the molecule is CC1(N[C@@H]2CCN(C(=O)OC(C)(C)C)[C@H](c3ccccc3)C2)COC1. The molecule has 2 fully saturated rings. The first kappa shape index (κ1) is 18.2. The first-order valence-corrected chi connectivity index (χ1v) is 9.16. The molecule has 2 heterocycles. The Morgan fingerprint density at radius 3 is 2.52 bits per heavy atom. The van der Waals surface area contributed by atoms with E-state index in [4.69, 9.17) is 9.47 Å². The van der Waals surface area contributed by atoms with E-state index < -0.39 is 5.60 Å². The van der Waals surface area contributed by atoms with E-state index >= 15 is 0 Å². The van der Waals surface area contributed by atoms with Crippen LogP contribution in [-0.2, 0) is 9.47 Å². The zero-order valence-electron chi connectivity index (χ0n) is 15.7. The van der Waals surface area contributed by atoms with Gasteiger partial charge in [-0.25, -0.2) is 4.79 Å². The highest BCUT2D eigenvalue weighted by Gasteiger charge is 2.40. The highest BCUT2D eigenvalue weighted by Crippen LogP contribution is 2.33. The lowest BCUT2D eigenvalue weighted by atomic mass is 9.89. The van der Waals surface area contributed by atoms with E-state index in [1.165, 1.54) is 0 Å². The molecule has 0 aromatic heterocycles. The molecule has 2 aliphatic heterocycles. The van der Waals surface area contributed by atoms with E-state index in [-0.39, 0.29) is 17.7 Å². The molecule has 0 unspecified atom stereocenters. The molecular weight excluding hydrogens is 316 g/mol. The Bertz CT molecular complexity index is 593. The fourth-order valence-corrected chi connectivity index (χ4v) is 3.61. The second kappa shape index (κ2) is 6.96. The Morgan fingerprint density at radius 2 is 1.96 bits per heavy atom. The van der Waals surface area contributed by atoms with Crippen LogP contribution in [0.1, 0.15) is 52.1 Å². The molecule has 138 valence electrons. The van der Waals surface area contributed by atoms with Crippen molar-refractivity contribution in [2.24, 2.45) is 0 Å². The summed E-state index contributed by atoms with van der Waals surface area (Å²) in [6.45, 7) is 10.2. The Kier molecular flexibility index (Phi) is 5.07. The van der Waals surface area contributed by atoms with Gasteiger partial charge in [0.15, 0.2) is 0 Å². The molecule has 2 atom stereocenters. The smallest absolute Gasteiger partial charge is 0.410 e. The number of carbonyl (C=O) groups excluding carboxylic acids is 1. The van der Waals surface area contributed by atoms with Crippen molar-refractivity contribution in [2.45, 2.75) is 63.8 Å². The van der Waals surface area contributed by atoms with Crippen molar-refractivity contribution in [2.75, 3.05) is 19.8 Å². The number of amides is 1. The van der Waals surface area contributed by atoms with Gasteiger partial charge in [-0.15, -0.1) is 0 Å². The summed E-state index contributed by atoms with van der Waals surface area (Å²) in [5.41, 5.74) is 0.749. The van der Waals surface area contributed by atoms with Crippen LogP contribution >= 0.6 is 0 Å². The van der Waals surface area contributed by atoms with Crippen molar-refractivity contribution in [3.8, 4) is 0 Å². The topological polar surface area (TPSA) is 50.8 Å². The molecule has 1 N–H and O–H groups in total. The summed E-state index contributed by atoms with van der Waals surface area (Å²) in [5.74, 6) is 0.